The summed E-state index contributed by atoms with van der Waals surface area (Å²) in [6.45, 7) is 12.3. The van der Waals surface area contributed by atoms with E-state index in [1.54, 1.807) is 66.0 Å². The maximum atomic E-state index is 14.5. The normalized spacial score (nSPS) is 20.8. The predicted molar refractivity (Wildman–Crippen MR) is 217 cm³/mol. The summed E-state index contributed by atoms with van der Waals surface area (Å²) in [4.78, 5) is 61.8. The quantitative estimate of drug-likeness (QED) is 0.149. The number of nitrogens with zero attached hydrogens (tertiary/aromatic N) is 2. The average Bonchev–Trinajstić information content (AvgIpc) is 3.74. The SMILES string of the molecule is C=CC1CC1(NC(=O)[C@@H]1C[C@@H](Oc2cc(-c3ccccc3)nc3cc(OC)ccc23)CN1C(=O)[C@@H](NC(=O)OC(C)(C)C)C(C)C)C(=O)NS(=O)(=O)c1ccccc1. The van der Waals surface area contributed by atoms with Crippen LogP contribution in [0.25, 0.3) is 22.2 Å². The van der Waals surface area contributed by atoms with Gasteiger partial charge in [0.25, 0.3) is 15.9 Å². The zero-order valence-electron chi connectivity index (χ0n) is 33.4. The lowest BCUT2D eigenvalue weighted by Gasteiger charge is -2.31. The van der Waals surface area contributed by atoms with E-state index in [1.807, 2.05) is 36.4 Å². The number of rotatable bonds is 13. The highest BCUT2D eigenvalue weighted by Gasteiger charge is 2.61. The van der Waals surface area contributed by atoms with Crippen LogP contribution in [0.4, 0.5) is 4.79 Å². The van der Waals surface area contributed by atoms with Crippen LogP contribution in [0, 0.1) is 11.8 Å². The highest BCUT2D eigenvalue weighted by molar-refractivity contribution is 7.90. The number of methoxy groups -OCH3 is 1. The summed E-state index contributed by atoms with van der Waals surface area (Å²) >= 11 is 0. The summed E-state index contributed by atoms with van der Waals surface area (Å²) in [7, 11) is -2.72. The summed E-state index contributed by atoms with van der Waals surface area (Å²) in [6, 6.07) is 21.8. The van der Waals surface area contributed by atoms with Gasteiger partial charge in [-0.15, -0.1) is 6.58 Å². The van der Waals surface area contributed by atoms with Crippen LogP contribution < -0.4 is 24.8 Å². The van der Waals surface area contributed by atoms with Gasteiger partial charge in [0.15, 0.2) is 0 Å². The van der Waals surface area contributed by atoms with Gasteiger partial charge in [-0.2, -0.15) is 0 Å². The average molecular weight is 812 g/mol. The van der Waals surface area contributed by atoms with Gasteiger partial charge in [0.2, 0.25) is 11.8 Å². The molecule has 4 aromatic rings. The van der Waals surface area contributed by atoms with Gasteiger partial charge < -0.3 is 29.7 Å². The van der Waals surface area contributed by atoms with E-state index >= 15 is 0 Å². The van der Waals surface area contributed by atoms with Crippen LogP contribution in [0.15, 0.2) is 102 Å². The van der Waals surface area contributed by atoms with Crippen LogP contribution in [0.5, 0.6) is 11.5 Å². The Morgan fingerprint density at radius 2 is 1.66 bits per heavy atom. The molecule has 2 heterocycles. The number of carbonyl (C=O) groups excluding carboxylic acids is 4. The number of amides is 4. The van der Waals surface area contributed by atoms with E-state index < -0.39 is 75.0 Å². The van der Waals surface area contributed by atoms with Crippen molar-refractivity contribution in [3.63, 3.8) is 0 Å². The number of aromatic nitrogens is 1. The number of likely N-dealkylation sites (tertiary alicyclic amines) is 1. The highest BCUT2D eigenvalue weighted by atomic mass is 32.2. The fraction of sp³-hybridized carbons (Fsp3) is 0.372. The molecule has 58 heavy (non-hydrogen) atoms. The number of alkyl carbamates (subject to hydrolysis) is 1. The second-order valence-electron chi connectivity index (χ2n) is 15.9. The number of nitrogens with one attached hydrogen (secondary N) is 3. The molecule has 2 unspecified atom stereocenters. The number of hydrogen-bond acceptors (Lipinski definition) is 10. The van der Waals surface area contributed by atoms with E-state index in [-0.39, 0.29) is 24.3 Å². The third-order valence-electron chi connectivity index (χ3n) is 10.1. The summed E-state index contributed by atoms with van der Waals surface area (Å²) < 4.78 is 46.1. The minimum atomic E-state index is -4.28. The van der Waals surface area contributed by atoms with E-state index in [4.69, 9.17) is 19.2 Å². The van der Waals surface area contributed by atoms with Crippen molar-refractivity contribution < 1.29 is 41.8 Å². The van der Waals surface area contributed by atoms with Gasteiger partial charge in [-0.05, 0) is 57.4 Å². The molecule has 0 radical (unpaired) electrons. The van der Waals surface area contributed by atoms with Crippen molar-refractivity contribution in [3.05, 3.63) is 97.6 Å². The predicted octanol–water partition coefficient (Wildman–Crippen LogP) is 5.37. The fourth-order valence-corrected chi connectivity index (χ4v) is 8.11. The van der Waals surface area contributed by atoms with Crippen molar-refractivity contribution in [1.29, 1.82) is 0 Å². The van der Waals surface area contributed by atoms with Crippen molar-refractivity contribution >= 4 is 44.7 Å². The number of hydrogen-bond donors (Lipinski definition) is 3. The van der Waals surface area contributed by atoms with Crippen LogP contribution >= 0.6 is 0 Å². The molecule has 5 atom stereocenters. The third-order valence-corrected chi connectivity index (χ3v) is 11.5. The summed E-state index contributed by atoms with van der Waals surface area (Å²) in [5, 5.41) is 6.14. The van der Waals surface area contributed by atoms with Crippen LogP contribution in [0.2, 0.25) is 0 Å². The molecule has 1 aromatic heterocycles. The Hall–Kier alpha value is -5.96. The first kappa shape index (κ1) is 41.7. The Balaban J connectivity index is 1.33. The van der Waals surface area contributed by atoms with Gasteiger partial charge in [0.1, 0.15) is 40.8 Å². The van der Waals surface area contributed by atoms with Gasteiger partial charge in [-0.1, -0.05) is 68.5 Å². The largest absolute Gasteiger partial charge is 0.497 e. The molecule has 1 aliphatic heterocycles. The first-order valence-electron chi connectivity index (χ1n) is 19.0. The second kappa shape index (κ2) is 16.5. The third kappa shape index (κ3) is 9.09. The second-order valence-corrected chi connectivity index (χ2v) is 17.5. The molecule has 0 bridgehead atoms. The lowest BCUT2D eigenvalue weighted by atomic mass is 10.0. The molecule has 2 aliphatic rings. The molecule has 3 N–H and O–H groups in total. The smallest absolute Gasteiger partial charge is 0.408 e. The summed E-state index contributed by atoms with van der Waals surface area (Å²) in [6.07, 6.45) is 0.00702. The van der Waals surface area contributed by atoms with Crippen molar-refractivity contribution in [2.24, 2.45) is 11.8 Å². The molecule has 14 nitrogen and oxygen atoms in total. The molecule has 1 saturated carbocycles. The number of ether oxygens (including phenoxy) is 3. The molecule has 0 spiro atoms. The van der Waals surface area contributed by atoms with Gasteiger partial charge in [-0.25, -0.2) is 22.9 Å². The van der Waals surface area contributed by atoms with Crippen LogP contribution in [-0.2, 0) is 29.1 Å². The van der Waals surface area contributed by atoms with E-state index in [9.17, 15) is 27.6 Å². The van der Waals surface area contributed by atoms with Gasteiger partial charge in [-0.3, -0.25) is 14.4 Å². The monoisotopic (exact) mass is 811 g/mol. The molecule has 6 rings (SSSR count). The molecule has 1 saturated heterocycles. The molecule has 306 valence electrons. The fourth-order valence-electron chi connectivity index (χ4n) is 7.05. The summed E-state index contributed by atoms with van der Waals surface area (Å²) in [5.74, 6) is -2.17. The van der Waals surface area contributed by atoms with Crippen LogP contribution in [0.1, 0.15) is 47.5 Å². The molecular weight excluding hydrogens is 763 g/mol. The highest BCUT2D eigenvalue weighted by Crippen LogP contribution is 2.45. The van der Waals surface area contributed by atoms with Gasteiger partial charge in [0, 0.05) is 35.4 Å². The van der Waals surface area contributed by atoms with Gasteiger partial charge in [0.05, 0.1) is 29.8 Å². The summed E-state index contributed by atoms with van der Waals surface area (Å²) in [5.41, 5.74) is -0.426. The van der Waals surface area contributed by atoms with E-state index in [1.165, 1.54) is 35.2 Å². The van der Waals surface area contributed by atoms with Crippen molar-refractivity contribution in [2.45, 2.75) is 81.7 Å². The number of benzene rings is 3. The molecule has 15 heteroatoms. The van der Waals surface area contributed by atoms with Crippen molar-refractivity contribution in [1.82, 2.24) is 25.2 Å². The Labute approximate surface area is 338 Å². The zero-order valence-corrected chi connectivity index (χ0v) is 34.2. The minimum Gasteiger partial charge on any atom is -0.497 e. The van der Waals surface area contributed by atoms with Crippen molar-refractivity contribution in [3.8, 4) is 22.8 Å². The Morgan fingerprint density at radius 3 is 2.26 bits per heavy atom. The topological polar surface area (TPSA) is 182 Å². The van der Waals surface area contributed by atoms with E-state index in [0.717, 1.165) is 5.56 Å². The van der Waals surface area contributed by atoms with Crippen molar-refractivity contribution in [2.75, 3.05) is 13.7 Å². The Morgan fingerprint density at radius 1 is 0.983 bits per heavy atom. The standard InChI is InChI=1S/C43H49N5O9S/c1-8-28-24-43(28,40(51)47-58(53,54)31-17-13-10-14-18-31)46-38(49)35-22-30(25-48(35)39(50)37(26(2)3)45-41(52)57-42(4,5)6)56-36-23-33(27-15-11-9-12-16-27)44-34-21-29(55-7)19-20-32(34)36/h8-21,23,26,28,30,35,37H,1,22,24-25H2,2-7H3,(H,45,52)(H,46,49)(H,47,51)/t28?,30-,35+,37+,43?/m1/s1. The zero-order chi connectivity index (χ0) is 42.0. The maximum absolute atomic E-state index is 14.5. The number of pyridine rings is 1. The lowest BCUT2D eigenvalue weighted by Crippen LogP contribution is -2.59. The molecule has 3 aromatic carbocycles. The number of carbonyl (C=O) groups is 4. The Bertz CT molecular complexity index is 2320. The molecule has 1 aliphatic carbocycles. The number of sulfonamides is 1. The van der Waals surface area contributed by atoms with E-state index in [2.05, 4.69) is 21.9 Å². The molecular formula is C43H49N5O9S. The maximum Gasteiger partial charge on any atom is 0.408 e. The van der Waals surface area contributed by atoms with Crippen LogP contribution in [0.3, 0.4) is 0 Å². The van der Waals surface area contributed by atoms with E-state index in [0.29, 0.717) is 28.1 Å². The lowest BCUT2D eigenvalue weighted by molar-refractivity contribution is -0.141. The molecule has 4 amide bonds. The first-order valence-corrected chi connectivity index (χ1v) is 20.5. The Kier molecular flexibility index (Phi) is 11.8. The van der Waals surface area contributed by atoms with Gasteiger partial charge >= 0.3 is 6.09 Å². The first-order chi connectivity index (χ1) is 27.4. The molecule has 2 fully saturated rings. The number of fused-ring (bicyclic) bond motifs is 1. The minimum absolute atomic E-state index is 0.00572. The van der Waals surface area contributed by atoms with Crippen LogP contribution in [-0.4, -0.2) is 85.1 Å².